The highest BCUT2D eigenvalue weighted by molar-refractivity contribution is 7.99. The maximum atomic E-state index is 9.46. The average Bonchev–Trinajstić information content (AvgIpc) is 2.27. The molecule has 92 valence electrons. The number of nitriles is 1. The molecule has 0 aromatic carbocycles. The fraction of sp³-hybridized carbons (Fsp3) is 0.929. The summed E-state index contributed by atoms with van der Waals surface area (Å²) in [6, 6.07) is 2.65. The first-order chi connectivity index (χ1) is 7.83. The Morgan fingerprint density at radius 3 is 2.31 bits per heavy atom. The molecule has 0 aliphatic heterocycles. The highest BCUT2D eigenvalue weighted by Crippen LogP contribution is 2.37. The summed E-state index contributed by atoms with van der Waals surface area (Å²) < 4.78 is 0. The van der Waals surface area contributed by atoms with Crippen LogP contribution in [0.3, 0.4) is 0 Å². The van der Waals surface area contributed by atoms with E-state index < -0.39 is 0 Å². The van der Waals surface area contributed by atoms with Gasteiger partial charge in [-0.1, -0.05) is 39.0 Å². The molecule has 1 rings (SSSR count). The van der Waals surface area contributed by atoms with Crippen molar-refractivity contribution in [3.63, 3.8) is 0 Å². The summed E-state index contributed by atoms with van der Waals surface area (Å²) in [6.45, 7) is 2.21. The first kappa shape index (κ1) is 13.9. The smallest absolute Gasteiger partial charge is 0.0689 e. The van der Waals surface area contributed by atoms with Crippen molar-refractivity contribution in [1.29, 1.82) is 5.26 Å². The van der Waals surface area contributed by atoms with Crippen LogP contribution in [0.1, 0.15) is 64.7 Å². The first-order valence-corrected chi connectivity index (χ1v) is 7.97. The Hall–Kier alpha value is -0.160. The molecule has 0 saturated heterocycles. The molecule has 0 aromatic heterocycles. The van der Waals surface area contributed by atoms with Crippen LogP contribution in [0.25, 0.3) is 0 Å². The Bertz CT molecular complexity index is 211. The lowest BCUT2D eigenvalue weighted by atomic mass is 9.74. The minimum atomic E-state index is 0.0364. The average molecular weight is 239 g/mol. The fourth-order valence-electron chi connectivity index (χ4n) is 2.66. The quantitative estimate of drug-likeness (QED) is 0.645. The lowest BCUT2D eigenvalue weighted by Gasteiger charge is -2.28. The van der Waals surface area contributed by atoms with Crippen molar-refractivity contribution in [2.75, 3.05) is 11.5 Å². The highest BCUT2D eigenvalue weighted by Gasteiger charge is 2.29. The Morgan fingerprint density at radius 1 is 1.12 bits per heavy atom. The number of hydrogen-bond donors (Lipinski definition) is 0. The molecule has 1 aliphatic rings. The molecule has 0 amide bonds. The summed E-state index contributed by atoms with van der Waals surface area (Å²) in [7, 11) is 0. The molecule has 1 nitrogen and oxygen atoms in total. The topological polar surface area (TPSA) is 23.8 Å². The second-order valence-corrected chi connectivity index (χ2v) is 6.35. The normalized spacial score (nSPS) is 20.8. The summed E-state index contributed by atoms with van der Waals surface area (Å²) in [5.74, 6) is 2.44. The minimum absolute atomic E-state index is 0.0364. The predicted octanol–water partition coefficient (Wildman–Crippen LogP) is 4.77. The van der Waals surface area contributed by atoms with Crippen LogP contribution in [0, 0.1) is 16.7 Å². The molecule has 2 heteroatoms. The van der Waals surface area contributed by atoms with Gasteiger partial charge in [-0.15, -0.1) is 0 Å². The van der Waals surface area contributed by atoms with E-state index in [-0.39, 0.29) is 5.41 Å². The van der Waals surface area contributed by atoms with Gasteiger partial charge < -0.3 is 0 Å². The second-order valence-electron chi connectivity index (χ2n) is 4.96. The summed E-state index contributed by atoms with van der Waals surface area (Å²) in [4.78, 5) is 0. The van der Waals surface area contributed by atoms with Gasteiger partial charge in [0.2, 0.25) is 0 Å². The van der Waals surface area contributed by atoms with E-state index in [9.17, 15) is 5.26 Å². The summed E-state index contributed by atoms with van der Waals surface area (Å²) in [5.41, 5.74) is 0.0364. The van der Waals surface area contributed by atoms with Crippen LogP contribution >= 0.6 is 11.8 Å². The zero-order chi connectivity index (χ0) is 11.7. The zero-order valence-electron chi connectivity index (χ0n) is 10.6. The molecule has 16 heavy (non-hydrogen) atoms. The third-order valence-electron chi connectivity index (χ3n) is 3.70. The van der Waals surface area contributed by atoms with Crippen LogP contribution in [-0.2, 0) is 0 Å². The Labute approximate surface area is 105 Å². The van der Waals surface area contributed by atoms with Gasteiger partial charge in [-0.05, 0) is 37.2 Å². The van der Waals surface area contributed by atoms with Crippen LogP contribution in [-0.4, -0.2) is 11.5 Å². The van der Waals surface area contributed by atoms with Crippen molar-refractivity contribution in [3.8, 4) is 6.07 Å². The molecule has 1 saturated carbocycles. The van der Waals surface area contributed by atoms with Crippen molar-refractivity contribution in [2.45, 2.75) is 64.7 Å². The fourth-order valence-corrected chi connectivity index (χ4v) is 3.29. The molecule has 0 bridgehead atoms. The molecular formula is C14H25NS. The van der Waals surface area contributed by atoms with E-state index in [1.807, 2.05) is 11.8 Å². The molecule has 0 heterocycles. The van der Waals surface area contributed by atoms with E-state index in [1.165, 1.54) is 50.0 Å². The van der Waals surface area contributed by atoms with E-state index in [0.29, 0.717) is 0 Å². The standard InChI is InChI=1S/C14H25NS/c1-2-16-12-8-11-14(13-15)9-6-4-3-5-7-10-14/h2-12H2,1H3. The first-order valence-electron chi connectivity index (χ1n) is 6.82. The molecule has 0 atom stereocenters. The van der Waals surface area contributed by atoms with Crippen LogP contribution in [0.4, 0.5) is 0 Å². The minimum Gasteiger partial charge on any atom is -0.198 e. The molecular weight excluding hydrogens is 214 g/mol. The van der Waals surface area contributed by atoms with Gasteiger partial charge in [-0.25, -0.2) is 0 Å². The van der Waals surface area contributed by atoms with E-state index in [1.54, 1.807) is 0 Å². The molecule has 0 spiro atoms. The predicted molar refractivity (Wildman–Crippen MR) is 72.6 cm³/mol. The lowest BCUT2D eigenvalue weighted by molar-refractivity contribution is 0.268. The second kappa shape index (κ2) is 8.01. The van der Waals surface area contributed by atoms with Gasteiger partial charge in [0.1, 0.15) is 0 Å². The third kappa shape index (κ3) is 4.78. The number of rotatable bonds is 5. The van der Waals surface area contributed by atoms with Gasteiger partial charge in [0, 0.05) is 0 Å². The molecule has 0 radical (unpaired) electrons. The third-order valence-corrected chi connectivity index (χ3v) is 4.68. The summed E-state index contributed by atoms with van der Waals surface area (Å²) in [5, 5.41) is 9.46. The van der Waals surface area contributed by atoms with E-state index >= 15 is 0 Å². The maximum Gasteiger partial charge on any atom is 0.0689 e. The SMILES string of the molecule is CCSCCCC1(C#N)CCCCCCC1. The molecule has 1 fully saturated rings. The number of thioether (sulfide) groups is 1. The Morgan fingerprint density at radius 2 is 1.75 bits per heavy atom. The van der Waals surface area contributed by atoms with Gasteiger partial charge in [0.25, 0.3) is 0 Å². The molecule has 0 aromatic rings. The number of nitrogens with zero attached hydrogens (tertiary/aromatic N) is 1. The van der Waals surface area contributed by atoms with Crippen molar-refractivity contribution in [2.24, 2.45) is 5.41 Å². The zero-order valence-corrected chi connectivity index (χ0v) is 11.5. The van der Waals surface area contributed by atoms with E-state index in [4.69, 9.17) is 0 Å². The van der Waals surface area contributed by atoms with Gasteiger partial charge in [0.15, 0.2) is 0 Å². The van der Waals surface area contributed by atoms with E-state index in [2.05, 4.69) is 13.0 Å². The van der Waals surface area contributed by atoms with Crippen molar-refractivity contribution in [3.05, 3.63) is 0 Å². The molecule has 0 N–H and O–H groups in total. The van der Waals surface area contributed by atoms with Crippen LogP contribution in [0.5, 0.6) is 0 Å². The van der Waals surface area contributed by atoms with Gasteiger partial charge in [-0.3, -0.25) is 0 Å². The summed E-state index contributed by atoms with van der Waals surface area (Å²) in [6.07, 6.45) is 11.3. The maximum absolute atomic E-state index is 9.46. The Kier molecular flexibility index (Phi) is 6.96. The van der Waals surface area contributed by atoms with Crippen LogP contribution in [0.15, 0.2) is 0 Å². The molecule has 0 unspecified atom stereocenters. The van der Waals surface area contributed by atoms with Gasteiger partial charge in [-0.2, -0.15) is 17.0 Å². The summed E-state index contributed by atoms with van der Waals surface area (Å²) >= 11 is 2.01. The van der Waals surface area contributed by atoms with Crippen molar-refractivity contribution >= 4 is 11.8 Å². The van der Waals surface area contributed by atoms with Crippen LogP contribution in [0.2, 0.25) is 0 Å². The van der Waals surface area contributed by atoms with Crippen LogP contribution < -0.4 is 0 Å². The number of hydrogen-bond acceptors (Lipinski definition) is 2. The van der Waals surface area contributed by atoms with Crippen molar-refractivity contribution in [1.82, 2.24) is 0 Å². The monoisotopic (exact) mass is 239 g/mol. The van der Waals surface area contributed by atoms with Gasteiger partial charge in [0.05, 0.1) is 11.5 Å². The van der Waals surface area contributed by atoms with Gasteiger partial charge >= 0.3 is 0 Å². The molecule has 1 aliphatic carbocycles. The van der Waals surface area contributed by atoms with E-state index in [0.717, 1.165) is 19.3 Å². The Balaban J connectivity index is 2.37. The lowest BCUT2D eigenvalue weighted by Crippen LogP contribution is -2.20. The van der Waals surface area contributed by atoms with Crippen molar-refractivity contribution < 1.29 is 0 Å². The highest BCUT2D eigenvalue weighted by atomic mass is 32.2. The largest absolute Gasteiger partial charge is 0.198 e.